The summed E-state index contributed by atoms with van der Waals surface area (Å²) in [6, 6.07) is 17.9. The molecule has 0 bridgehead atoms. The first kappa shape index (κ1) is 14.8. The van der Waals surface area contributed by atoms with Gasteiger partial charge in [-0.05, 0) is 29.7 Å². The fourth-order valence-electron chi connectivity index (χ4n) is 2.62. The summed E-state index contributed by atoms with van der Waals surface area (Å²) in [6.07, 6.45) is 2.63. The number of nitrogens with two attached hydrogens (primary N) is 1. The van der Waals surface area contributed by atoms with E-state index in [0.717, 1.165) is 28.5 Å². The van der Waals surface area contributed by atoms with Crippen LogP contribution in [0.2, 0.25) is 5.02 Å². The number of hydrogen-bond donors (Lipinski definition) is 1. The highest BCUT2D eigenvalue weighted by Crippen LogP contribution is 2.24. The molecule has 2 N–H and O–H groups in total. The highest BCUT2D eigenvalue weighted by atomic mass is 35.5. The summed E-state index contributed by atoms with van der Waals surface area (Å²) in [4.78, 5) is 4.52. The van der Waals surface area contributed by atoms with Crippen LogP contribution in [0.4, 0.5) is 0 Å². The van der Waals surface area contributed by atoms with Gasteiger partial charge in [0.15, 0.2) is 0 Å². The minimum atomic E-state index is -0.131. The Morgan fingerprint density at radius 1 is 1.09 bits per heavy atom. The van der Waals surface area contributed by atoms with Crippen molar-refractivity contribution in [3.63, 3.8) is 0 Å². The van der Waals surface area contributed by atoms with Crippen LogP contribution in [0.15, 0.2) is 60.8 Å². The normalized spacial score (nSPS) is 12.3. The highest BCUT2D eigenvalue weighted by molar-refractivity contribution is 6.30. The summed E-state index contributed by atoms with van der Waals surface area (Å²) in [6.45, 7) is 0. The Morgan fingerprint density at radius 3 is 2.45 bits per heavy atom. The minimum absolute atomic E-state index is 0.131. The van der Waals surface area contributed by atoms with Gasteiger partial charge in [-0.1, -0.05) is 54.1 Å². The van der Waals surface area contributed by atoms with Crippen LogP contribution in [-0.2, 0) is 13.5 Å². The molecule has 3 nitrogen and oxygen atoms in total. The number of aromatic nitrogens is 2. The number of halogens is 1. The summed E-state index contributed by atoms with van der Waals surface area (Å²) >= 11 is 5.94. The largest absolute Gasteiger partial charge is 0.330 e. The molecule has 0 amide bonds. The number of nitrogens with zero attached hydrogens (tertiary/aromatic N) is 2. The van der Waals surface area contributed by atoms with Gasteiger partial charge in [0.1, 0.15) is 5.82 Å². The van der Waals surface area contributed by atoms with Gasteiger partial charge in [0.2, 0.25) is 0 Å². The van der Waals surface area contributed by atoms with E-state index < -0.39 is 0 Å². The quantitative estimate of drug-likeness (QED) is 0.792. The van der Waals surface area contributed by atoms with E-state index in [4.69, 9.17) is 17.3 Å². The monoisotopic (exact) mass is 311 g/mol. The zero-order chi connectivity index (χ0) is 15.5. The van der Waals surface area contributed by atoms with Crippen molar-refractivity contribution in [2.45, 2.75) is 12.5 Å². The predicted molar refractivity (Wildman–Crippen MR) is 90.7 cm³/mol. The van der Waals surface area contributed by atoms with Gasteiger partial charge in [0.05, 0.1) is 17.9 Å². The molecule has 3 aromatic rings. The molecule has 0 radical (unpaired) electrons. The molecule has 1 aromatic heterocycles. The molecular weight excluding hydrogens is 294 g/mol. The molecule has 0 fully saturated rings. The molecule has 112 valence electrons. The van der Waals surface area contributed by atoms with Crippen LogP contribution in [0.1, 0.15) is 17.4 Å². The lowest BCUT2D eigenvalue weighted by Crippen LogP contribution is -2.18. The molecule has 0 saturated heterocycles. The van der Waals surface area contributed by atoms with Crippen LogP contribution in [0.25, 0.3) is 11.3 Å². The van der Waals surface area contributed by atoms with Crippen molar-refractivity contribution in [1.82, 2.24) is 9.55 Å². The Kier molecular flexibility index (Phi) is 4.27. The van der Waals surface area contributed by atoms with Crippen molar-refractivity contribution in [2.24, 2.45) is 12.8 Å². The van der Waals surface area contributed by atoms with Gasteiger partial charge < -0.3 is 10.3 Å². The van der Waals surface area contributed by atoms with Crippen LogP contribution in [-0.4, -0.2) is 9.55 Å². The van der Waals surface area contributed by atoms with Crippen molar-refractivity contribution in [3.05, 3.63) is 77.2 Å². The number of rotatable bonds is 4. The van der Waals surface area contributed by atoms with Crippen LogP contribution in [0.5, 0.6) is 0 Å². The molecule has 2 aromatic carbocycles. The lowest BCUT2D eigenvalue weighted by atomic mass is 10.1. The summed E-state index contributed by atoms with van der Waals surface area (Å²) in [5.41, 5.74) is 9.67. The zero-order valence-electron chi connectivity index (χ0n) is 12.4. The molecule has 4 heteroatoms. The van der Waals surface area contributed by atoms with E-state index in [0.29, 0.717) is 0 Å². The summed E-state index contributed by atoms with van der Waals surface area (Å²) in [5.74, 6) is 0.883. The third kappa shape index (κ3) is 3.06. The van der Waals surface area contributed by atoms with E-state index in [1.807, 2.05) is 55.7 Å². The molecule has 1 atom stereocenters. The van der Waals surface area contributed by atoms with Crippen LogP contribution < -0.4 is 5.73 Å². The van der Waals surface area contributed by atoms with Gasteiger partial charge in [-0.15, -0.1) is 0 Å². The second kappa shape index (κ2) is 6.34. The molecule has 1 heterocycles. The van der Waals surface area contributed by atoms with E-state index in [2.05, 4.69) is 21.7 Å². The Morgan fingerprint density at radius 2 is 1.77 bits per heavy atom. The highest BCUT2D eigenvalue weighted by Gasteiger charge is 2.15. The minimum Gasteiger partial charge on any atom is -0.330 e. The molecule has 22 heavy (non-hydrogen) atoms. The van der Waals surface area contributed by atoms with Crippen LogP contribution in [0.3, 0.4) is 0 Å². The Labute approximate surface area is 135 Å². The smallest absolute Gasteiger partial charge is 0.126 e. The number of hydrogen-bond acceptors (Lipinski definition) is 2. The molecule has 0 aliphatic heterocycles. The Hall–Kier alpha value is -2.10. The maximum atomic E-state index is 6.34. The van der Waals surface area contributed by atoms with Crippen molar-refractivity contribution < 1.29 is 0 Å². The third-order valence-electron chi connectivity index (χ3n) is 3.79. The van der Waals surface area contributed by atoms with Gasteiger partial charge in [0, 0.05) is 12.1 Å². The fourth-order valence-corrected chi connectivity index (χ4v) is 2.74. The molecule has 0 unspecified atom stereocenters. The first-order chi connectivity index (χ1) is 10.6. The van der Waals surface area contributed by atoms with E-state index in [-0.39, 0.29) is 6.04 Å². The molecule has 3 rings (SSSR count). The summed E-state index contributed by atoms with van der Waals surface area (Å²) in [5, 5.41) is 0.729. The molecule has 0 spiro atoms. The van der Waals surface area contributed by atoms with Crippen LogP contribution >= 0.6 is 11.6 Å². The van der Waals surface area contributed by atoms with Gasteiger partial charge in [-0.25, -0.2) is 4.98 Å². The van der Waals surface area contributed by atoms with Gasteiger partial charge in [0.25, 0.3) is 0 Å². The second-order valence-corrected chi connectivity index (χ2v) is 5.80. The Bertz CT molecular complexity index is 748. The maximum Gasteiger partial charge on any atom is 0.126 e. The first-order valence-corrected chi connectivity index (χ1v) is 7.60. The first-order valence-electron chi connectivity index (χ1n) is 7.22. The predicted octanol–water partition coefficient (Wildman–Crippen LogP) is 3.98. The van der Waals surface area contributed by atoms with E-state index >= 15 is 0 Å². The standard InChI is InChI=1S/C18H18ClN3/c1-22-17(14-7-9-15(19)10-8-14)12-21-18(22)16(20)11-13-5-3-2-4-6-13/h2-10,12,16H,11,20H2,1H3/t16-/m0/s1. The average molecular weight is 312 g/mol. The van der Waals surface area contributed by atoms with E-state index in [1.54, 1.807) is 0 Å². The topological polar surface area (TPSA) is 43.8 Å². The summed E-state index contributed by atoms with van der Waals surface area (Å²) in [7, 11) is 2.00. The summed E-state index contributed by atoms with van der Waals surface area (Å²) < 4.78 is 2.05. The van der Waals surface area contributed by atoms with Crippen molar-refractivity contribution in [3.8, 4) is 11.3 Å². The second-order valence-electron chi connectivity index (χ2n) is 5.36. The van der Waals surface area contributed by atoms with Crippen molar-refractivity contribution in [2.75, 3.05) is 0 Å². The maximum absolute atomic E-state index is 6.34. The fraction of sp³-hybridized carbons (Fsp3) is 0.167. The third-order valence-corrected chi connectivity index (χ3v) is 4.05. The van der Waals surface area contributed by atoms with E-state index in [1.165, 1.54) is 5.56 Å². The molecular formula is C18H18ClN3. The Balaban J connectivity index is 1.85. The number of imidazole rings is 1. The lowest BCUT2D eigenvalue weighted by Gasteiger charge is -2.13. The molecule has 0 saturated carbocycles. The zero-order valence-corrected chi connectivity index (χ0v) is 13.2. The van der Waals surface area contributed by atoms with Crippen LogP contribution in [0, 0.1) is 0 Å². The SMILES string of the molecule is Cn1c(-c2ccc(Cl)cc2)cnc1[C@@H](N)Cc1ccccc1. The van der Waals surface area contributed by atoms with Crippen molar-refractivity contribution >= 4 is 11.6 Å². The molecule has 0 aliphatic carbocycles. The average Bonchev–Trinajstić information content (AvgIpc) is 2.91. The van der Waals surface area contributed by atoms with Gasteiger partial charge >= 0.3 is 0 Å². The van der Waals surface area contributed by atoms with Crippen molar-refractivity contribution in [1.29, 1.82) is 0 Å². The van der Waals surface area contributed by atoms with Gasteiger partial charge in [-0.3, -0.25) is 0 Å². The van der Waals surface area contributed by atoms with E-state index in [9.17, 15) is 0 Å². The molecule has 0 aliphatic rings. The lowest BCUT2D eigenvalue weighted by molar-refractivity contribution is 0.634. The van der Waals surface area contributed by atoms with Gasteiger partial charge in [-0.2, -0.15) is 0 Å². The number of benzene rings is 2.